The summed E-state index contributed by atoms with van der Waals surface area (Å²) in [5.74, 6) is 0.612. The Kier molecular flexibility index (Phi) is 49.2. The van der Waals surface area contributed by atoms with E-state index in [4.69, 9.17) is 5.11 Å². The first-order chi connectivity index (χ1) is 38.7. The van der Waals surface area contributed by atoms with Crippen LogP contribution in [0.5, 0.6) is 0 Å². The predicted octanol–water partition coefficient (Wildman–Crippen LogP) is 26.9. The number of aliphatic hydroxyl groups excluding tert-OH is 1. The number of hydrogen-bond acceptors (Lipinski definition) is 1. The van der Waals surface area contributed by atoms with Crippen molar-refractivity contribution in [2.75, 3.05) is 6.61 Å². The van der Waals surface area contributed by atoms with Crippen molar-refractivity contribution in [2.24, 2.45) is 5.92 Å². The summed E-state index contributed by atoms with van der Waals surface area (Å²) in [6, 6.07) is 0. The number of rotatable bonds is 47. The fourth-order valence-corrected chi connectivity index (χ4v) is 10.1. The molecule has 0 saturated heterocycles. The van der Waals surface area contributed by atoms with Crippen LogP contribution in [-0.2, 0) is 0 Å². The Morgan fingerprint density at radius 1 is 0.210 bits per heavy atom. The minimum Gasteiger partial charge on any atom is -0.396 e. The van der Waals surface area contributed by atoms with E-state index in [0.29, 0.717) is 12.5 Å². The van der Waals surface area contributed by atoms with Crippen molar-refractivity contribution in [1.29, 1.82) is 0 Å². The van der Waals surface area contributed by atoms with Crippen LogP contribution in [-0.4, -0.2) is 11.7 Å². The van der Waals surface area contributed by atoms with Crippen molar-refractivity contribution in [3.8, 4) is 0 Å². The molecule has 1 heteroatoms. The molecule has 0 radical (unpaired) electrons. The second kappa shape index (κ2) is 51.7. The fourth-order valence-electron chi connectivity index (χ4n) is 10.1. The molecule has 0 spiro atoms. The van der Waals surface area contributed by atoms with Crippen molar-refractivity contribution >= 4 is 0 Å². The molecule has 81 heavy (non-hydrogen) atoms. The van der Waals surface area contributed by atoms with Crippen LogP contribution in [0.4, 0.5) is 0 Å². The molecular formula is C80H132O. The summed E-state index contributed by atoms with van der Waals surface area (Å²) in [5, 5.41) is 9.10. The van der Waals surface area contributed by atoms with Gasteiger partial charge in [-0.3, -0.25) is 0 Å². The third kappa shape index (κ3) is 52.6. The van der Waals surface area contributed by atoms with Gasteiger partial charge in [0.15, 0.2) is 0 Å². The summed E-state index contributed by atoms with van der Waals surface area (Å²) in [6.45, 7) is 39.2. The van der Waals surface area contributed by atoms with Gasteiger partial charge in [0, 0.05) is 6.61 Å². The number of hydrogen-bond donors (Lipinski definition) is 1. The van der Waals surface area contributed by atoms with E-state index in [0.717, 1.165) is 103 Å². The summed E-state index contributed by atoms with van der Waals surface area (Å²) < 4.78 is 0. The molecule has 0 saturated carbocycles. The minimum absolute atomic E-state index is 0.309. The van der Waals surface area contributed by atoms with Crippen LogP contribution < -0.4 is 0 Å². The molecule has 458 valence electrons. The van der Waals surface area contributed by atoms with Crippen molar-refractivity contribution in [3.63, 3.8) is 0 Å². The first-order valence-corrected chi connectivity index (χ1v) is 33.1. The van der Waals surface area contributed by atoms with Crippen LogP contribution in [0.3, 0.4) is 0 Å². The number of aliphatic hydroxyl groups is 1. The van der Waals surface area contributed by atoms with Crippen LogP contribution in [0.15, 0.2) is 175 Å². The molecule has 0 bridgehead atoms. The summed E-state index contributed by atoms with van der Waals surface area (Å²) in [7, 11) is 0. The van der Waals surface area contributed by atoms with Gasteiger partial charge in [-0.2, -0.15) is 0 Å². The molecule has 0 aromatic rings. The van der Waals surface area contributed by atoms with Gasteiger partial charge in [0.05, 0.1) is 0 Å². The van der Waals surface area contributed by atoms with Crippen LogP contribution in [0.25, 0.3) is 0 Å². The van der Waals surface area contributed by atoms with Gasteiger partial charge in [-0.15, -0.1) is 0 Å². The summed E-state index contributed by atoms with van der Waals surface area (Å²) in [4.78, 5) is 0. The molecule has 0 fully saturated rings. The molecule has 0 amide bonds. The summed E-state index contributed by atoms with van der Waals surface area (Å²) in [5.41, 5.74) is 22.8. The van der Waals surface area contributed by atoms with E-state index >= 15 is 0 Å². The molecule has 1 nitrogen and oxygen atoms in total. The maximum Gasteiger partial charge on any atom is 0.0433 e. The Labute approximate surface area is 506 Å². The lowest BCUT2D eigenvalue weighted by atomic mass is 10.0. The van der Waals surface area contributed by atoms with Crippen molar-refractivity contribution in [3.05, 3.63) is 175 Å². The topological polar surface area (TPSA) is 20.2 Å². The van der Waals surface area contributed by atoms with Gasteiger partial charge in [0.1, 0.15) is 0 Å². The Hall–Kier alpha value is -3.94. The summed E-state index contributed by atoms with van der Waals surface area (Å²) >= 11 is 0. The molecule has 0 aliphatic carbocycles. The predicted molar refractivity (Wildman–Crippen MR) is 371 cm³/mol. The average molecular weight is 1110 g/mol. The van der Waals surface area contributed by atoms with Gasteiger partial charge >= 0.3 is 0 Å². The molecule has 0 aromatic heterocycles. The largest absolute Gasteiger partial charge is 0.396 e. The van der Waals surface area contributed by atoms with Crippen LogP contribution in [0.1, 0.15) is 317 Å². The Bertz CT molecular complexity index is 2170. The normalized spacial score (nSPS) is 15.4. The lowest BCUT2D eigenvalue weighted by Crippen LogP contribution is -1.97. The lowest BCUT2D eigenvalue weighted by Gasteiger charge is -2.07. The second-order valence-electron chi connectivity index (χ2n) is 25.7. The van der Waals surface area contributed by atoms with E-state index < -0.39 is 0 Å². The zero-order valence-electron chi connectivity index (χ0n) is 56.8. The van der Waals surface area contributed by atoms with E-state index in [1.165, 1.54) is 180 Å². The van der Waals surface area contributed by atoms with Crippen molar-refractivity contribution < 1.29 is 5.11 Å². The molecule has 0 unspecified atom stereocenters. The molecule has 1 N–H and O–H groups in total. The maximum absolute atomic E-state index is 9.10. The van der Waals surface area contributed by atoms with Gasteiger partial charge in [-0.1, -0.05) is 182 Å². The Morgan fingerprint density at radius 3 is 0.481 bits per heavy atom. The van der Waals surface area contributed by atoms with Gasteiger partial charge in [-0.25, -0.2) is 0 Å². The first-order valence-electron chi connectivity index (χ1n) is 33.1. The lowest BCUT2D eigenvalue weighted by molar-refractivity contribution is 0.259. The molecule has 0 aliphatic heterocycles. The smallest absolute Gasteiger partial charge is 0.0433 e. The Morgan fingerprint density at radius 2 is 0.346 bits per heavy atom. The maximum atomic E-state index is 9.10. The molecule has 0 rings (SSSR count). The molecular weight excluding hydrogens is 977 g/mol. The van der Waals surface area contributed by atoms with Gasteiger partial charge in [0.25, 0.3) is 0 Å². The molecule has 1 atom stereocenters. The molecule has 0 aromatic carbocycles. The zero-order chi connectivity index (χ0) is 60.5. The van der Waals surface area contributed by atoms with Crippen molar-refractivity contribution in [1.82, 2.24) is 0 Å². The quantitative estimate of drug-likeness (QED) is 0.0602. The van der Waals surface area contributed by atoms with Crippen molar-refractivity contribution in [2.45, 2.75) is 317 Å². The average Bonchev–Trinajstić information content (AvgIpc) is 3.38. The highest BCUT2D eigenvalue weighted by Gasteiger charge is 2.02. The zero-order valence-corrected chi connectivity index (χ0v) is 56.8. The molecule has 0 aliphatic rings. The van der Waals surface area contributed by atoms with Crippen LogP contribution in [0, 0.1) is 5.92 Å². The first kappa shape index (κ1) is 77.1. The highest BCUT2D eigenvalue weighted by molar-refractivity contribution is 5.13. The molecule has 0 heterocycles. The van der Waals surface area contributed by atoms with E-state index in [-0.39, 0.29) is 0 Å². The summed E-state index contributed by atoms with van der Waals surface area (Å²) in [6.07, 6.45) is 72.6. The van der Waals surface area contributed by atoms with Gasteiger partial charge in [0.2, 0.25) is 0 Å². The van der Waals surface area contributed by atoms with Gasteiger partial charge < -0.3 is 5.11 Å². The third-order valence-corrected chi connectivity index (χ3v) is 16.3. The second-order valence-corrected chi connectivity index (χ2v) is 25.7. The van der Waals surface area contributed by atoms with E-state index in [1.807, 2.05) is 0 Å². The Balaban J connectivity index is 4.32. The van der Waals surface area contributed by atoms with Crippen LogP contribution >= 0.6 is 0 Å². The number of allylic oxidation sites excluding steroid dienone is 30. The monoisotopic (exact) mass is 1110 g/mol. The van der Waals surface area contributed by atoms with E-state index in [2.05, 4.69) is 209 Å². The highest BCUT2D eigenvalue weighted by atomic mass is 16.3. The fraction of sp³-hybridized carbons (Fsp3) is 0.625. The minimum atomic E-state index is 0.309. The van der Waals surface area contributed by atoms with Crippen LogP contribution in [0.2, 0.25) is 0 Å². The van der Waals surface area contributed by atoms with Gasteiger partial charge in [-0.05, 0) is 316 Å². The highest BCUT2D eigenvalue weighted by Crippen LogP contribution is 2.21. The third-order valence-electron chi connectivity index (χ3n) is 16.3. The van der Waals surface area contributed by atoms with E-state index in [9.17, 15) is 0 Å². The standard InChI is InChI=1S/C80H132O/c1-65(2)33-18-34-66(3)35-19-36-67(4)37-20-38-68(5)39-21-40-69(6)41-22-42-70(7)43-23-44-71(8)45-24-46-72(9)47-25-48-73(10)49-26-50-74(11)51-27-52-75(12)53-28-54-76(13)55-29-56-77(14)57-30-58-78(15)59-31-60-79(16)61-32-62-80(17)63-64-81/h33,35,37,39,41,43,45,47,49,51,53,55,57,59,61,80-81H,18-32,34,36,38,40,42,44,46,48,50,52,54,56,58,60,62-64H2,1-17H3/b66-35+,67-37+,68-39-,69-41-,70-43-,71-45-,72-47-,73-49-,74-51-,75-53-,76-55-,77-57-,78-59-,79-61-/t80-/m0/s1. The SMILES string of the molecule is CC(C)=CCC/C(C)=C/CC/C(C)=C/CC/C(C)=C\CC/C(C)=C\CC/C(C)=C\CC/C(C)=C\CC/C(C)=C\CC/C(C)=C\CC/C(C)=C\CC/C(C)=C\CC/C(C)=C\CC/C(C)=C\CC/C(C)=C\CC/C(C)=C\CC[C@H](C)CCO. The van der Waals surface area contributed by atoms with E-state index in [1.54, 1.807) is 0 Å².